The molecule has 1 aromatic heterocycles. The van der Waals surface area contributed by atoms with Gasteiger partial charge in [-0.1, -0.05) is 40.0 Å². The van der Waals surface area contributed by atoms with Gasteiger partial charge >= 0.3 is 0 Å². The second-order valence-electron chi connectivity index (χ2n) is 5.70. The third-order valence-corrected chi connectivity index (χ3v) is 4.74. The Morgan fingerprint density at radius 3 is 2.47 bits per heavy atom. The van der Waals surface area contributed by atoms with Crippen molar-refractivity contribution in [1.29, 1.82) is 0 Å². The van der Waals surface area contributed by atoms with Crippen molar-refractivity contribution in [2.45, 2.75) is 78.4 Å². The predicted molar refractivity (Wildman–Crippen MR) is 78.2 cm³/mol. The molecule has 2 unspecified atom stereocenters. The van der Waals surface area contributed by atoms with Gasteiger partial charge in [0, 0.05) is 11.3 Å². The fraction of sp³-hybridized carbons (Fsp3) is 0.812. The van der Waals surface area contributed by atoms with Crippen molar-refractivity contribution >= 4 is 0 Å². The number of aliphatic hydroxyl groups excluding tert-OH is 1. The van der Waals surface area contributed by atoms with Crippen LogP contribution in [0.4, 0.5) is 0 Å². The maximum Gasteiger partial charge on any atom is 0.0718 e. The molecule has 1 saturated carbocycles. The molecular formula is C16H28N2O. The van der Waals surface area contributed by atoms with Gasteiger partial charge in [-0.15, -0.1) is 0 Å². The Morgan fingerprint density at radius 2 is 1.89 bits per heavy atom. The van der Waals surface area contributed by atoms with Gasteiger partial charge in [0.1, 0.15) is 0 Å². The standard InChI is InChI=1S/C16H28N2O/c1-4-12-9-7-8-10-16(12)18-15(6-3)13(11-19)14(5-2)17-18/h12,16,19H,4-11H2,1-3H3. The summed E-state index contributed by atoms with van der Waals surface area (Å²) in [6, 6.07) is 0.555. The van der Waals surface area contributed by atoms with Crippen LogP contribution in [-0.4, -0.2) is 14.9 Å². The molecule has 3 nitrogen and oxygen atoms in total. The van der Waals surface area contributed by atoms with E-state index in [0.717, 1.165) is 30.0 Å². The molecule has 19 heavy (non-hydrogen) atoms. The number of nitrogens with zero attached hydrogens (tertiary/aromatic N) is 2. The second-order valence-corrected chi connectivity index (χ2v) is 5.70. The number of aliphatic hydroxyl groups is 1. The first-order chi connectivity index (χ1) is 9.26. The second kappa shape index (κ2) is 6.56. The minimum Gasteiger partial charge on any atom is -0.392 e. The summed E-state index contributed by atoms with van der Waals surface area (Å²) < 4.78 is 2.28. The zero-order valence-electron chi connectivity index (χ0n) is 12.7. The fourth-order valence-corrected chi connectivity index (χ4v) is 3.66. The Morgan fingerprint density at radius 1 is 1.16 bits per heavy atom. The molecule has 1 aliphatic carbocycles. The summed E-state index contributed by atoms with van der Waals surface area (Å²) in [4.78, 5) is 0. The lowest BCUT2D eigenvalue weighted by molar-refractivity contribution is 0.212. The third kappa shape index (κ3) is 2.71. The Bertz CT molecular complexity index is 411. The van der Waals surface area contributed by atoms with Gasteiger partial charge in [0.05, 0.1) is 18.3 Å². The minimum atomic E-state index is 0.135. The maximum absolute atomic E-state index is 9.64. The molecule has 0 amide bonds. The van der Waals surface area contributed by atoms with Crippen molar-refractivity contribution in [2.75, 3.05) is 0 Å². The van der Waals surface area contributed by atoms with Crippen LogP contribution >= 0.6 is 0 Å². The summed E-state index contributed by atoms with van der Waals surface area (Å²) in [5.74, 6) is 0.759. The summed E-state index contributed by atoms with van der Waals surface area (Å²) in [6.07, 6.45) is 8.39. The smallest absolute Gasteiger partial charge is 0.0718 e. The number of aryl methyl sites for hydroxylation is 1. The van der Waals surface area contributed by atoms with Gasteiger partial charge in [0.25, 0.3) is 0 Å². The molecule has 1 aliphatic rings. The molecule has 1 N–H and O–H groups in total. The van der Waals surface area contributed by atoms with Crippen LogP contribution in [-0.2, 0) is 19.4 Å². The van der Waals surface area contributed by atoms with Crippen LogP contribution in [0, 0.1) is 5.92 Å². The van der Waals surface area contributed by atoms with Crippen LogP contribution in [0.15, 0.2) is 0 Å². The lowest BCUT2D eigenvalue weighted by atomic mass is 9.83. The molecule has 0 radical (unpaired) electrons. The molecule has 3 heteroatoms. The van der Waals surface area contributed by atoms with E-state index in [-0.39, 0.29) is 6.61 Å². The molecule has 2 rings (SSSR count). The van der Waals surface area contributed by atoms with E-state index in [4.69, 9.17) is 5.10 Å². The zero-order chi connectivity index (χ0) is 13.8. The van der Waals surface area contributed by atoms with Gasteiger partial charge in [-0.3, -0.25) is 4.68 Å². The van der Waals surface area contributed by atoms with Crippen molar-refractivity contribution in [3.63, 3.8) is 0 Å². The van der Waals surface area contributed by atoms with Crippen LogP contribution in [0.2, 0.25) is 0 Å². The molecular weight excluding hydrogens is 236 g/mol. The molecule has 108 valence electrons. The SMILES string of the molecule is CCc1nn(C2CCCCC2CC)c(CC)c1CO. The molecule has 0 aliphatic heterocycles. The maximum atomic E-state index is 9.64. The monoisotopic (exact) mass is 264 g/mol. The van der Waals surface area contributed by atoms with Crippen molar-refractivity contribution in [3.05, 3.63) is 17.0 Å². The first-order valence-electron chi connectivity index (χ1n) is 7.96. The molecule has 0 saturated heterocycles. The first-order valence-corrected chi connectivity index (χ1v) is 7.96. The van der Waals surface area contributed by atoms with E-state index in [1.165, 1.54) is 37.8 Å². The van der Waals surface area contributed by atoms with Gasteiger partial charge in [0.15, 0.2) is 0 Å². The number of rotatable bonds is 5. The molecule has 0 bridgehead atoms. The van der Waals surface area contributed by atoms with E-state index in [0.29, 0.717) is 6.04 Å². The highest BCUT2D eigenvalue weighted by molar-refractivity contribution is 5.26. The number of hydrogen-bond acceptors (Lipinski definition) is 2. The summed E-state index contributed by atoms with van der Waals surface area (Å²) >= 11 is 0. The molecule has 0 aromatic carbocycles. The van der Waals surface area contributed by atoms with Crippen LogP contribution in [0.3, 0.4) is 0 Å². The van der Waals surface area contributed by atoms with Gasteiger partial charge in [-0.25, -0.2) is 0 Å². The number of hydrogen-bond donors (Lipinski definition) is 1. The van der Waals surface area contributed by atoms with Crippen LogP contribution in [0.25, 0.3) is 0 Å². The van der Waals surface area contributed by atoms with E-state index >= 15 is 0 Å². The molecule has 2 atom stereocenters. The average Bonchev–Trinajstić information content (AvgIpc) is 2.84. The number of aromatic nitrogens is 2. The summed E-state index contributed by atoms with van der Waals surface area (Å²) in [5.41, 5.74) is 3.45. The lowest BCUT2D eigenvalue weighted by Gasteiger charge is -2.32. The Balaban J connectivity index is 2.39. The quantitative estimate of drug-likeness (QED) is 0.881. The first kappa shape index (κ1) is 14.6. The van der Waals surface area contributed by atoms with Crippen LogP contribution < -0.4 is 0 Å². The fourth-order valence-electron chi connectivity index (χ4n) is 3.66. The predicted octanol–water partition coefficient (Wildman–Crippen LogP) is 3.64. The Hall–Kier alpha value is -0.830. The molecule has 1 heterocycles. The highest BCUT2D eigenvalue weighted by Gasteiger charge is 2.28. The topological polar surface area (TPSA) is 38.0 Å². The highest BCUT2D eigenvalue weighted by Crippen LogP contribution is 2.37. The third-order valence-electron chi connectivity index (χ3n) is 4.74. The lowest BCUT2D eigenvalue weighted by Crippen LogP contribution is -2.25. The summed E-state index contributed by atoms with van der Waals surface area (Å²) in [7, 11) is 0. The Labute approximate surface area is 117 Å². The van der Waals surface area contributed by atoms with E-state index in [2.05, 4.69) is 25.5 Å². The molecule has 0 spiro atoms. The van der Waals surface area contributed by atoms with Gasteiger partial charge in [0.2, 0.25) is 0 Å². The van der Waals surface area contributed by atoms with E-state index in [1.807, 2.05) is 0 Å². The van der Waals surface area contributed by atoms with Crippen molar-refractivity contribution in [1.82, 2.24) is 9.78 Å². The van der Waals surface area contributed by atoms with Crippen molar-refractivity contribution in [2.24, 2.45) is 5.92 Å². The van der Waals surface area contributed by atoms with E-state index < -0.39 is 0 Å². The van der Waals surface area contributed by atoms with Crippen LogP contribution in [0.1, 0.15) is 75.9 Å². The van der Waals surface area contributed by atoms with Crippen molar-refractivity contribution in [3.8, 4) is 0 Å². The summed E-state index contributed by atoms with van der Waals surface area (Å²) in [6.45, 7) is 6.74. The highest BCUT2D eigenvalue weighted by atomic mass is 16.3. The van der Waals surface area contributed by atoms with Crippen molar-refractivity contribution < 1.29 is 5.11 Å². The average molecular weight is 264 g/mol. The Kier molecular flexibility index (Phi) is 5.03. The van der Waals surface area contributed by atoms with E-state index in [9.17, 15) is 5.11 Å². The van der Waals surface area contributed by atoms with E-state index in [1.54, 1.807) is 0 Å². The van der Waals surface area contributed by atoms with Gasteiger partial charge in [-0.05, 0) is 31.6 Å². The normalized spacial score (nSPS) is 23.8. The van der Waals surface area contributed by atoms with Gasteiger partial charge < -0.3 is 5.11 Å². The zero-order valence-corrected chi connectivity index (χ0v) is 12.7. The van der Waals surface area contributed by atoms with Crippen LogP contribution in [0.5, 0.6) is 0 Å². The largest absolute Gasteiger partial charge is 0.392 e. The minimum absolute atomic E-state index is 0.135. The van der Waals surface area contributed by atoms with Gasteiger partial charge in [-0.2, -0.15) is 5.10 Å². The molecule has 1 fully saturated rings. The molecule has 1 aromatic rings. The summed E-state index contributed by atoms with van der Waals surface area (Å²) in [5, 5.41) is 14.5.